The molecule has 0 aromatic carbocycles. The molecule has 1 aliphatic heterocycles. The van der Waals surface area contributed by atoms with Crippen molar-refractivity contribution in [1.82, 2.24) is 14.3 Å². The Kier molecular flexibility index (Phi) is 4.08. The summed E-state index contributed by atoms with van der Waals surface area (Å²) in [6, 6.07) is 6.25. The Morgan fingerprint density at radius 2 is 2.29 bits per heavy atom. The van der Waals surface area contributed by atoms with Crippen LogP contribution in [-0.2, 0) is 17.7 Å². The number of nitrogens with zero attached hydrogens (tertiary/aromatic N) is 3. The van der Waals surface area contributed by atoms with Crippen molar-refractivity contribution in [2.75, 3.05) is 20.2 Å². The van der Waals surface area contributed by atoms with Crippen molar-refractivity contribution in [3.8, 4) is 0 Å². The summed E-state index contributed by atoms with van der Waals surface area (Å²) in [4.78, 5) is 18.6. The van der Waals surface area contributed by atoms with Gasteiger partial charge in [0.1, 0.15) is 5.65 Å². The molecule has 5 nitrogen and oxygen atoms in total. The van der Waals surface area contributed by atoms with E-state index in [2.05, 4.69) is 32.8 Å². The van der Waals surface area contributed by atoms with Crippen molar-refractivity contribution in [1.29, 1.82) is 0 Å². The molecule has 0 saturated carbocycles. The fourth-order valence-electron chi connectivity index (χ4n) is 3.37. The highest BCUT2D eigenvalue weighted by Gasteiger charge is 2.27. The number of rotatable bonds is 5. The predicted octanol–water partition coefficient (Wildman–Crippen LogP) is 2.86. The van der Waals surface area contributed by atoms with Crippen LogP contribution in [0.1, 0.15) is 21.6 Å². The lowest BCUT2D eigenvalue weighted by molar-refractivity contribution is 0.0593. The number of imidazole rings is 1. The Morgan fingerprint density at radius 1 is 1.42 bits per heavy atom. The summed E-state index contributed by atoms with van der Waals surface area (Å²) in [5.41, 5.74) is 3.89. The van der Waals surface area contributed by atoms with Gasteiger partial charge in [-0.1, -0.05) is 6.07 Å². The summed E-state index contributed by atoms with van der Waals surface area (Å²) < 4.78 is 6.62. The van der Waals surface area contributed by atoms with E-state index < -0.39 is 0 Å². The number of ether oxygens (including phenoxy) is 1. The summed E-state index contributed by atoms with van der Waals surface area (Å²) in [6.07, 6.45) is 4.60. The van der Waals surface area contributed by atoms with E-state index in [4.69, 9.17) is 4.74 Å². The number of thiophene rings is 1. The number of carbonyl (C=O) groups excluding carboxylic acids is 1. The molecule has 3 aromatic heterocycles. The highest BCUT2D eigenvalue weighted by atomic mass is 32.1. The molecule has 1 fully saturated rings. The van der Waals surface area contributed by atoms with Crippen molar-refractivity contribution in [2.45, 2.75) is 13.0 Å². The van der Waals surface area contributed by atoms with Gasteiger partial charge >= 0.3 is 5.97 Å². The van der Waals surface area contributed by atoms with E-state index >= 15 is 0 Å². The fourth-order valence-corrected chi connectivity index (χ4v) is 4.05. The van der Waals surface area contributed by atoms with Gasteiger partial charge in [-0.3, -0.25) is 9.30 Å². The standard InChI is InChI=1S/C18H19N3O2S/c1-23-18(22)16-8-19-17-15(3-2-5-21(16)17)11-20-9-14(10-20)7-13-4-6-24-12-13/h2-6,8,12,14H,7,9-11H2,1H3. The van der Waals surface area contributed by atoms with E-state index in [0.717, 1.165) is 36.8 Å². The Bertz CT molecular complexity index is 850. The van der Waals surface area contributed by atoms with Crippen LogP contribution in [0.4, 0.5) is 0 Å². The van der Waals surface area contributed by atoms with Crippen LogP contribution in [0.3, 0.4) is 0 Å². The Balaban J connectivity index is 1.44. The molecule has 0 amide bonds. The average Bonchev–Trinajstić information content (AvgIpc) is 3.21. The lowest BCUT2D eigenvalue weighted by Crippen LogP contribution is -2.46. The van der Waals surface area contributed by atoms with Crippen LogP contribution < -0.4 is 0 Å². The highest BCUT2D eigenvalue weighted by Crippen LogP contribution is 2.24. The second-order valence-corrected chi connectivity index (χ2v) is 7.04. The second kappa shape index (κ2) is 6.37. The number of fused-ring (bicyclic) bond motifs is 1. The molecule has 1 saturated heterocycles. The first-order valence-corrected chi connectivity index (χ1v) is 8.95. The van der Waals surface area contributed by atoms with E-state index in [1.54, 1.807) is 17.5 Å². The van der Waals surface area contributed by atoms with E-state index in [1.807, 2.05) is 16.7 Å². The fraction of sp³-hybridized carbons (Fsp3) is 0.333. The Hall–Kier alpha value is -2.18. The summed E-state index contributed by atoms with van der Waals surface area (Å²) in [7, 11) is 1.39. The maximum absolute atomic E-state index is 11.8. The first-order valence-electron chi connectivity index (χ1n) is 8.01. The van der Waals surface area contributed by atoms with Gasteiger partial charge in [-0.15, -0.1) is 0 Å². The lowest BCUT2D eigenvalue weighted by Gasteiger charge is -2.39. The van der Waals surface area contributed by atoms with E-state index in [9.17, 15) is 4.79 Å². The van der Waals surface area contributed by atoms with E-state index in [0.29, 0.717) is 5.69 Å². The SMILES string of the molecule is COC(=O)c1cnc2c(CN3CC(Cc4ccsc4)C3)cccn12. The van der Waals surface area contributed by atoms with Gasteiger partial charge in [-0.25, -0.2) is 9.78 Å². The third-order valence-electron chi connectivity index (χ3n) is 4.54. The predicted molar refractivity (Wildman–Crippen MR) is 93.3 cm³/mol. The maximum Gasteiger partial charge on any atom is 0.356 e. The number of hydrogen-bond donors (Lipinski definition) is 0. The van der Waals surface area contributed by atoms with Crippen molar-refractivity contribution >= 4 is 23.0 Å². The molecule has 6 heteroatoms. The van der Waals surface area contributed by atoms with Gasteiger partial charge in [0.25, 0.3) is 0 Å². The number of methoxy groups -OCH3 is 1. The minimum atomic E-state index is -0.362. The number of pyridine rings is 1. The minimum absolute atomic E-state index is 0.362. The molecule has 0 aliphatic carbocycles. The van der Waals surface area contributed by atoms with Gasteiger partial charge in [-0.05, 0) is 40.8 Å². The molecular formula is C18H19N3O2S. The molecule has 0 unspecified atom stereocenters. The first kappa shape index (κ1) is 15.4. The number of aromatic nitrogens is 2. The number of esters is 1. The molecule has 0 atom stereocenters. The molecule has 3 aromatic rings. The molecule has 4 rings (SSSR count). The molecule has 0 spiro atoms. The smallest absolute Gasteiger partial charge is 0.356 e. The van der Waals surface area contributed by atoms with Crippen molar-refractivity contribution in [3.63, 3.8) is 0 Å². The van der Waals surface area contributed by atoms with E-state index in [-0.39, 0.29) is 5.97 Å². The lowest BCUT2D eigenvalue weighted by atomic mass is 9.93. The summed E-state index contributed by atoms with van der Waals surface area (Å²) >= 11 is 1.77. The van der Waals surface area contributed by atoms with Gasteiger partial charge in [0.05, 0.1) is 13.3 Å². The normalized spacial score (nSPS) is 15.5. The summed E-state index contributed by atoms with van der Waals surface area (Å²) in [5.74, 6) is 0.379. The van der Waals surface area contributed by atoms with Crippen LogP contribution in [0.5, 0.6) is 0 Å². The third kappa shape index (κ3) is 2.83. The van der Waals surface area contributed by atoms with Gasteiger partial charge in [0.15, 0.2) is 5.69 Å². The third-order valence-corrected chi connectivity index (χ3v) is 5.27. The molecule has 124 valence electrons. The minimum Gasteiger partial charge on any atom is -0.464 e. The van der Waals surface area contributed by atoms with Crippen molar-refractivity contribution in [3.05, 3.63) is 58.2 Å². The quantitative estimate of drug-likeness (QED) is 0.670. The van der Waals surface area contributed by atoms with Crippen LogP contribution >= 0.6 is 11.3 Å². The van der Waals surface area contributed by atoms with Crippen molar-refractivity contribution < 1.29 is 9.53 Å². The zero-order valence-electron chi connectivity index (χ0n) is 13.5. The van der Waals surface area contributed by atoms with Crippen LogP contribution in [0, 0.1) is 5.92 Å². The molecule has 0 N–H and O–H groups in total. The van der Waals surface area contributed by atoms with Gasteiger partial charge in [0.2, 0.25) is 0 Å². The molecule has 24 heavy (non-hydrogen) atoms. The molecule has 0 radical (unpaired) electrons. The van der Waals surface area contributed by atoms with E-state index in [1.165, 1.54) is 19.1 Å². The zero-order chi connectivity index (χ0) is 16.5. The topological polar surface area (TPSA) is 46.8 Å². The summed E-state index contributed by atoms with van der Waals surface area (Å²) in [6.45, 7) is 3.09. The largest absolute Gasteiger partial charge is 0.464 e. The number of carbonyl (C=O) groups is 1. The highest BCUT2D eigenvalue weighted by molar-refractivity contribution is 7.07. The van der Waals surface area contributed by atoms with Gasteiger partial charge < -0.3 is 4.74 Å². The number of hydrogen-bond acceptors (Lipinski definition) is 5. The molecule has 0 bridgehead atoms. The molecule has 1 aliphatic rings. The van der Waals surface area contributed by atoms with Gasteiger partial charge in [-0.2, -0.15) is 11.3 Å². The second-order valence-electron chi connectivity index (χ2n) is 6.26. The van der Waals surface area contributed by atoms with Crippen molar-refractivity contribution in [2.24, 2.45) is 5.92 Å². The van der Waals surface area contributed by atoms with Crippen LogP contribution in [0.15, 0.2) is 41.4 Å². The first-order chi connectivity index (χ1) is 11.7. The van der Waals surface area contributed by atoms with Crippen LogP contribution in [-0.4, -0.2) is 40.5 Å². The van der Waals surface area contributed by atoms with Gasteiger partial charge in [0, 0.05) is 31.4 Å². The maximum atomic E-state index is 11.8. The Labute approximate surface area is 144 Å². The zero-order valence-corrected chi connectivity index (χ0v) is 14.3. The average molecular weight is 341 g/mol. The molecule has 4 heterocycles. The monoisotopic (exact) mass is 341 g/mol. The summed E-state index contributed by atoms with van der Waals surface area (Å²) in [5, 5.41) is 4.38. The van der Waals surface area contributed by atoms with Crippen LogP contribution in [0.2, 0.25) is 0 Å². The van der Waals surface area contributed by atoms with Crippen LogP contribution in [0.25, 0.3) is 5.65 Å². The number of likely N-dealkylation sites (tertiary alicyclic amines) is 1. The Morgan fingerprint density at radius 3 is 3.04 bits per heavy atom. The molecular weight excluding hydrogens is 322 g/mol.